The van der Waals surface area contributed by atoms with E-state index in [-0.39, 0.29) is 0 Å². The molecular formula is C31H25Cl2N3O2S. The molecule has 0 aliphatic heterocycles. The highest BCUT2D eigenvalue weighted by atomic mass is 35.5. The van der Waals surface area contributed by atoms with Crippen molar-refractivity contribution in [3.63, 3.8) is 0 Å². The van der Waals surface area contributed by atoms with Gasteiger partial charge in [-0.1, -0.05) is 83.4 Å². The molecule has 0 bridgehead atoms. The van der Waals surface area contributed by atoms with E-state index in [0.29, 0.717) is 38.6 Å². The van der Waals surface area contributed by atoms with Gasteiger partial charge in [0.1, 0.15) is 6.61 Å². The predicted octanol–water partition coefficient (Wildman–Crippen LogP) is 8.53. The van der Waals surface area contributed by atoms with E-state index in [1.54, 1.807) is 31.5 Å². The monoisotopic (exact) mass is 573 g/mol. The van der Waals surface area contributed by atoms with Crippen LogP contribution in [0.1, 0.15) is 16.7 Å². The minimum atomic E-state index is 0.452. The molecule has 0 radical (unpaired) electrons. The van der Waals surface area contributed by atoms with Crippen LogP contribution in [0.4, 0.5) is 5.69 Å². The summed E-state index contributed by atoms with van der Waals surface area (Å²) >= 11 is 14.0. The fourth-order valence-corrected chi connectivity index (χ4v) is 5.13. The quantitative estimate of drug-likeness (QED) is 0.174. The van der Waals surface area contributed by atoms with Crippen molar-refractivity contribution in [3.8, 4) is 22.8 Å². The highest BCUT2D eigenvalue weighted by Gasteiger charge is 2.10. The Hall–Kier alpha value is -3.84. The Balaban J connectivity index is 1.50. The minimum absolute atomic E-state index is 0.452. The number of hydrogen-bond donors (Lipinski definition) is 0. The molecule has 0 fully saturated rings. The Labute approximate surface area is 241 Å². The number of benzene rings is 4. The molecule has 5 rings (SSSR count). The van der Waals surface area contributed by atoms with Crippen molar-refractivity contribution >= 4 is 46.4 Å². The zero-order valence-electron chi connectivity index (χ0n) is 21.3. The van der Waals surface area contributed by atoms with Crippen LogP contribution >= 0.6 is 34.5 Å². The Morgan fingerprint density at radius 2 is 1.69 bits per heavy atom. The molecule has 8 heteroatoms. The standard InChI is InChI=1S/C31H25Cl2N3O2S/c1-21-8-11-24(12-9-21)28-20-39-31(35-27-14-13-25(32)17-26(27)33)36(28)34-18-23-10-15-29(30(16-23)37-2)38-19-22-6-4-3-5-7-22/h3-18,20H,19H2,1-2H3. The van der Waals surface area contributed by atoms with E-state index in [1.165, 1.54) is 16.9 Å². The van der Waals surface area contributed by atoms with Crippen LogP contribution in [-0.2, 0) is 6.61 Å². The smallest absolute Gasteiger partial charge is 0.211 e. The van der Waals surface area contributed by atoms with Crippen LogP contribution < -0.4 is 14.3 Å². The lowest BCUT2D eigenvalue weighted by atomic mass is 10.1. The van der Waals surface area contributed by atoms with Gasteiger partial charge in [-0.3, -0.25) is 0 Å². The van der Waals surface area contributed by atoms with Gasteiger partial charge < -0.3 is 9.47 Å². The molecule has 0 aliphatic carbocycles. The lowest BCUT2D eigenvalue weighted by Crippen LogP contribution is -2.11. The number of thiazole rings is 1. The Bertz CT molecular complexity index is 1680. The molecule has 196 valence electrons. The number of hydrogen-bond acceptors (Lipinski definition) is 5. The molecule has 4 aromatic carbocycles. The van der Waals surface area contributed by atoms with Crippen LogP contribution in [0.5, 0.6) is 11.5 Å². The maximum absolute atomic E-state index is 6.41. The second-order valence-corrected chi connectivity index (χ2v) is 10.4. The van der Waals surface area contributed by atoms with Crippen LogP contribution in [0.3, 0.4) is 0 Å². The topological polar surface area (TPSA) is 48.1 Å². The molecule has 39 heavy (non-hydrogen) atoms. The van der Waals surface area contributed by atoms with E-state index < -0.39 is 0 Å². The molecule has 5 aromatic rings. The van der Waals surface area contributed by atoms with Gasteiger partial charge in [0.2, 0.25) is 4.80 Å². The fraction of sp³-hybridized carbons (Fsp3) is 0.0968. The van der Waals surface area contributed by atoms with Crippen LogP contribution in [0, 0.1) is 6.92 Å². The van der Waals surface area contributed by atoms with Crippen molar-refractivity contribution in [3.05, 3.63) is 128 Å². The molecule has 0 unspecified atom stereocenters. The van der Waals surface area contributed by atoms with Crippen LogP contribution in [-0.4, -0.2) is 18.0 Å². The van der Waals surface area contributed by atoms with Crippen LogP contribution in [0.15, 0.2) is 106 Å². The van der Waals surface area contributed by atoms with Gasteiger partial charge in [-0.05, 0) is 54.4 Å². The summed E-state index contributed by atoms with van der Waals surface area (Å²) in [6, 6.07) is 29.3. The molecule has 5 nitrogen and oxygen atoms in total. The second kappa shape index (κ2) is 12.3. The van der Waals surface area contributed by atoms with Crippen molar-refractivity contribution in [1.29, 1.82) is 0 Å². The third kappa shape index (κ3) is 6.60. The largest absolute Gasteiger partial charge is 0.493 e. The van der Waals surface area contributed by atoms with Crippen LogP contribution in [0.25, 0.3) is 11.3 Å². The summed E-state index contributed by atoms with van der Waals surface area (Å²) in [5.74, 6) is 1.29. The van der Waals surface area contributed by atoms with Gasteiger partial charge in [-0.25, -0.2) is 9.67 Å². The highest BCUT2D eigenvalue weighted by Crippen LogP contribution is 2.30. The van der Waals surface area contributed by atoms with Crippen LogP contribution in [0.2, 0.25) is 10.0 Å². The summed E-state index contributed by atoms with van der Waals surface area (Å²) in [4.78, 5) is 5.46. The summed E-state index contributed by atoms with van der Waals surface area (Å²) in [7, 11) is 1.63. The Kier molecular flexibility index (Phi) is 8.47. The minimum Gasteiger partial charge on any atom is -0.493 e. The molecule has 1 heterocycles. The first kappa shape index (κ1) is 26.8. The van der Waals surface area contributed by atoms with Crippen molar-refractivity contribution in [2.45, 2.75) is 13.5 Å². The number of rotatable bonds is 8. The first-order chi connectivity index (χ1) is 19.0. The van der Waals surface area contributed by atoms with E-state index in [0.717, 1.165) is 22.4 Å². The fourth-order valence-electron chi connectivity index (χ4n) is 3.83. The van der Waals surface area contributed by atoms with Gasteiger partial charge in [0.05, 0.1) is 29.7 Å². The summed E-state index contributed by atoms with van der Waals surface area (Å²) in [6.45, 7) is 2.51. The molecule has 0 N–H and O–H groups in total. The van der Waals surface area contributed by atoms with E-state index in [2.05, 4.69) is 31.2 Å². The molecule has 0 saturated heterocycles. The summed E-state index contributed by atoms with van der Waals surface area (Å²) < 4.78 is 13.4. The molecule has 0 spiro atoms. The number of aryl methyl sites for hydroxylation is 1. The lowest BCUT2D eigenvalue weighted by molar-refractivity contribution is 0.284. The van der Waals surface area contributed by atoms with Gasteiger partial charge in [-0.2, -0.15) is 5.10 Å². The van der Waals surface area contributed by atoms with Crippen molar-refractivity contribution < 1.29 is 9.47 Å². The summed E-state index contributed by atoms with van der Waals surface area (Å²) in [6.07, 6.45) is 1.77. The third-order valence-corrected chi connectivity index (χ3v) is 7.26. The highest BCUT2D eigenvalue weighted by molar-refractivity contribution is 7.07. The Morgan fingerprint density at radius 3 is 2.44 bits per heavy atom. The van der Waals surface area contributed by atoms with Gasteiger partial charge >= 0.3 is 0 Å². The lowest BCUT2D eigenvalue weighted by Gasteiger charge is -2.11. The maximum Gasteiger partial charge on any atom is 0.211 e. The maximum atomic E-state index is 6.41. The van der Waals surface area contributed by atoms with E-state index in [9.17, 15) is 0 Å². The van der Waals surface area contributed by atoms with Gasteiger partial charge in [-0.15, -0.1) is 11.3 Å². The summed E-state index contributed by atoms with van der Waals surface area (Å²) in [5, 5.41) is 7.88. The van der Waals surface area contributed by atoms with Crippen molar-refractivity contribution in [2.24, 2.45) is 10.1 Å². The zero-order chi connectivity index (χ0) is 27.2. The third-order valence-electron chi connectivity index (χ3n) is 5.91. The van der Waals surface area contributed by atoms with Gasteiger partial charge in [0.15, 0.2) is 11.5 Å². The first-order valence-electron chi connectivity index (χ1n) is 12.2. The molecule has 0 saturated carbocycles. The van der Waals surface area contributed by atoms with E-state index in [1.807, 2.05) is 58.6 Å². The molecule has 0 atom stereocenters. The van der Waals surface area contributed by atoms with Gasteiger partial charge in [0, 0.05) is 16.0 Å². The van der Waals surface area contributed by atoms with E-state index in [4.69, 9.17) is 42.8 Å². The first-order valence-corrected chi connectivity index (χ1v) is 13.8. The van der Waals surface area contributed by atoms with E-state index >= 15 is 0 Å². The Morgan fingerprint density at radius 1 is 0.897 bits per heavy atom. The summed E-state index contributed by atoms with van der Waals surface area (Å²) in [5.41, 5.74) is 5.67. The average molecular weight is 575 g/mol. The molecule has 0 aliphatic rings. The molecular weight excluding hydrogens is 549 g/mol. The average Bonchev–Trinajstić information content (AvgIpc) is 3.35. The SMILES string of the molecule is COc1cc(C=Nn2c(-c3ccc(C)cc3)csc2=Nc2ccc(Cl)cc2Cl)ccc1OCc1ccccc1. The molecule has 1 aromatic heterocycles. The van der Waals surface area contributed by atoms with Crippen molar-refractivity contribution in [2.75, 3.05) is 7.11 Å². The predicted molar refractivity (Wildman–Crippen MR) is 161 cm³/mol. The molecule has 0 amide bonds. The zero-order valence-corrected chi connectivity index (χ0v) is 23.7. The number of aromatic nitrogens is 1. The number of methoxy groups -OCH3 is 1. The normalized spacial score (nSPS) is 11.7. The number of halogens is 2. The second-order valence-electron chi connectivity index (χ2n) is 8.72. The number of nitrogens with zero attached hydrogens (tertiary/aromatic N) is 3. The van der Waals surface area contributed by atoms with Gasteiger partial charge in [0.25, 0.3) is 0 Å². The number of ether oxygens (including phenoxy) is 2. The van der Waals surface area contributed by atoms with Crippen molar-refractivity contribution in [1.82, 2.24) is 4.68 Å².